The third-order valence-corrected chi connectivity index (χ3v) is 5.45. The summed E-state index contributed by atoms with van der Waals surface area (Å²) >= 11 is 0. The Labute approximate surface area is 171 Å². The summed E-state index contributed by atoms with van der Waals surface area (Å²) in [6, 6.07) is 3.94. The molecular weight excluding hydrogens is 370 g/mol. The van der Waals surface area contributed by atoms with Crippen molar-refractivity contribution in [2.24, 2.45) is 0 Å². The second-order valence-electron chi connectivity index (χ2n) is 7.44. The van der Waals surface area contributed by atoms with E-state index in [1.807, 2.05) is 28.8 Å². The number of carbonyl (C=O) groups is 1. The average molecular weight is 399 g/mol. The molecule has 0 aromatic carbocycles. The zero-order valence-corrected chi connectivity index (χ0v) is 17.0. The Bertz CT molecular complexity index is 819. The molecule has 0 aliphatic carbocycles. The zero-order chi connectivity index (χ0) is 20.1. The lowest BCUT2D eigenvalue weighted by Crippen LogP contribution is -2.36. The molecule has 0 radical (unpaired) electrons. The first-order valence-corrected chi connectivity index (χ1v) is 10.5. The van der Waals surface area contributed by atoms with Gasteiger partial charge in [-0.3, -0.25) is 9.48 Å². The first kappa shape index (κ1) is 19.6. The fourth-order valence-electron chi connectivity index (χ4n) is 3.91. The monoisotopic (exact) mass is 399 g/mol. The molecule has 4 rings (SSSR count). The Morgan fingerprint density at radius 3 is 3.00 bits per heavy atom. The largest absolute Gasteiger partial charge is 0.478 e. The summed E-state index contributed by atoms with van der Waals surface area (Å²) in [5, 5.41) is 7.97. The number of carbonyl (C=O) groups excluding carboxylic acids is 1. The Morgan fingerprint density at radius 2 is 2.17 bits per heavy atom. The van der Waals surface area contributed by atoms with Gasteiger partial charge in [0.25, 0.3) is 5.91 Å². The number of aromatic nitrogens is 4. The summed E-state index contributed by atoms with van der Waals surface area (Å²) in [4.78, 5) is 25.9. The van der Waals surface area contributed by atoms with Gasteiger partial charge in [0, 0.05) is 51.2 Å². The van der Waals surface area contributed by atoms with E-state index in [-0.39, 0.29) is 5.91 Å². The van der Waals surface area contributed by atoms with Crippen LogP contribution in [0.1, 0.15) is 42.7 Å². The maximum absolute atomic E-state index is 13.0. The van der Waals surface area contributed by atoms with Crippen molar-refractivity contribution >= 4 is 11.9 Å². The van der Waals surface area contributed by atoms with Crippen LogP contribution in [0.2, 0.25) is 0 Å². The van der Waals surface area contributed by atoms with Gasteiger partial charge in [-0.1, -0.05) is 0 Å². The van der Waals surface area contributed by atoms with Gasteiger partial charge in [0.05, 0.1) is 12.6 Å². The van der Waals surface area contributed by atoms with Crippen molar-refractivity contribution in [2.45, 2.75) is 32.2 Å². The second kappa shape index (κ2) is 9.21. The fraction of sp³-hybridized carbons (Fsp3) is 0.600. The summed E-state index contributed by atoms with van der Waals surface area (Å²) in [6.45, 7) is 7.30. The van der Waals surface area contributed by atoms with E-state index in [0.717, 1.165) is 38.9 Å². The maximum Gasteiger partial charge on any atom is 0.274 e. The first-order chi connectivity index (χ1) is 14.2. The van der Waals surface area contributed by atoms with Crippen LogP contribution < -0.4 is 15.0 Å². The number of hydrogen-bond donors (Lipinski definition) is 1. The van der Waals surface area contributed by atoms with E-state index in [1.54, 1.807) is 12.3 Å². The lowest BCUT2D eigenvalue weighted by atomic mass is 10.1. The lowest BCUT2D eigenvalue weighted by Gasteiger charge is -2.23. The summed E-state index contributed by atoms with van der Waals surface area (Å²) in [7, 11) is 0. The van der Waals surface area contributed by atoms with E-state index in [0.29, 0.717) is 49.8 Å². The van der Waals surface area contributed by atoms with E-state index in [9.17, 15) is 4.79 Å². The van der Waals surface area contributed by atoms with Crippen LogP contribution in [0.25, 0.3) is 0 Å². The Balaban J connectivity index is 1.38. The predicted octanol–water partition coefficient (Wildman–Crippen LogP) is 1.35. The number of nitrogens with one attached hydrogen (secondary N) is 1. The van der Waals surface area contributed by atoms with Crippen molar-refractivity contribution in [3.8, 4) is 5.88 Å². The molecule has 2 aliphatic rings. The van der Waals surface area contributed by atoms with Gasteiger partial charge in [0.2, 0.25) is 11.8 Å². The van der Waals surface area contributed by atoms with Crippen LogP contribution in [0, 0.1) is 0 Å². The number of amides is 1. The molecule has 2 saturated heterocycles. The summed E-state index contributed by atoms with van der Waals surface area (Å²) in [5.74, 6) is 1.23. The molecule has 1 unspecified atom stereocenters. The lowest BCUT2D eigenvalue weighted by molar-refractivity contribution is 0.0759. The summed E-state index contributed by atoms with van der Waals surface area (Å²) < 4.78 is 7.42. The predicted molar refractivity (Wildman–Crippen MR) is 109 cm³/mol. The van der Waals surface area contributed by atoms with Crippen LogP contribution in [0.3, 0.4) is 0 Å². The first-order valence-electron chi connectivity index (χ1n) is 10.5. The second-order valence-corrected chi connectivity index (χ2v) is 7.44. The number of nitrogens with zero attached hydrogens (tertiary/aromatic N) is 6. The van der Waals surface area contributed by atoms with Gasteiger partial charge in [-0.2, -0.15) is 10.1 Å². The van der Waals surface area contributed by atoms with Gasteiger partial charge in [-0.15, -0.1) is 0 Å². The highest BCUT2D eigenvalue weighted by Gasteiger charge is 2.24. The minimum Gasteiger partial charge on any atom is -0.478 e. The molecule has 4 heterocycles. The number of piperidine rings is 1. The van der Waals surface area contributed by atoms with E-state index >= 15 is 0 Å². The molecule has 156 valence electrons. The molecule has 2 aliphatic heterocycles. The van der Waals surface area contributed by atoms with Crippen molar-refractivity contribution in [3.05, 3.63) is 30.2 Å². The molecule has 9 nitrogen and oxygen atoms in total. The number of hydrogen-bond acceptors (Lipinski definition) is 7. The smallest absolute Gasteiger partial charge is 0.274 e. The zero-order valence-electron chi connectivity index (χ0n) is 17.0. The summed E-state index contributed by atoms with van der Waals surface area (Å²) in [5.41, 5.74) is 0.526. The third-order valence-electron chi connectivity index (χ3n) is 5.45. The van der Waals surface area contributed by atoms with Crippen LogP contribution in [0.15, 0.2) is 24.5 Å². The number of ether oxygens (including phenoxy) is 1. The van der Waals surface area contributed by atoms with Crippen molar-refractivity contribution in [1.82, 2.24) is 30.0 Å². The number of rotatable bonds is 5. The van der Waals surface area contributed by atoms with E-state index in [4.69, 9.17) is 4.74 Å². The Kier molecular flexibility index (Phi) is 6.24. The topological polar surface area (TPSA) is 88.4 Å². The minimum absolute atomic E-state index is 0.00152. The van der Waals surface area contributed by atoms with E-state index in [2.05, 4.69) is 25.3 Å². The van der Waals surface area contributed by atoms with E-state index in [1.165, 1.54) is 0 Å². The SMILES string of the molecule is CCOc1ccnc(N2CCCN(C(=O)c3ccn(C4CCCNC4)n3)CC2)n1. The van der Waals surface area contributed by atoms with E-state index < -0.39 is 0 Å². The van der Waals surface area contributed by atoms with Gasteiger partial charge in [-0.25, -0.2) is 4.98 Å². The van der Waals surface area contributed by atoms with Crippen molar-refractivity contribution in [2.75, 3.05) is 50.8 Å². The quantitative estimate of drug-likeness (QED) is 0.812. The molecule has 9 heteroatoms. The Hall–Kier alpha value is -2.68. The van der Waals surface area contributed by atoms with Gasteiger partial charge in [0.1, 0.15) is 5.69 Å². The molecule has 0 bridgehead atoms. The molecule has 2 aromatic rings. The van der Waals surface area contributed by atoms with Gasteiger partial charge in [0.15, 0.2) is 0 Å². The van der Waals surface area contributed by atoms with Crippen LogP contribution in [-0.2, 0) is 0 Å². The summed E-state index contributed by atoms with van der Waals surface area (Å²) in [6.07, 6.45) is 6.75. The normalized spacial score (nSPS) is 20.4. The highest BCUT2D eigenvalue weighted by molar-refractivity contribution is 5.92. The van der Waals surface area contributed by atoms with Crippen LogP contribution in [0.4, 0.5) is 5.95 Å². The highest BCUT2D eigenvalue weighted by Crippen LogP contribution is 2.18. The molecule has 2 fully saturated rings. The Morgan fingerprint density at radius 1 is 1.24 bits per heavy atom. The standard InChI is InChI=1S/C20H29N7O2/c1-2-29-18-6-9-22-20(23-18)26-11-4-10-25(13-14-26)19(28)17-7-12-27(24-17)16-5-3-8-21-15-16/h6-7,9,12,16,21H,2-5,8,10-11,13-15H2,1H3. The molecule has 0 saturated carbocycles. The number of anilines is 1. The molecule has 1 N–H and O–H groups in total. The molecule has 29 heavy (non-hydrogen) atoms. The van der Waals surface area contributed by atoms with Crippen molar-refractivity contribution in [1.29, 1.82) is 0 Å². The van der Waals surface area contributed by atoms with Gasteiger partial charge in [-0.05, 0) is 38.8 Å². The van der Waals surface area contributed by atoms with Crippen LogP contribution >= 0.6 is 0 Å². The van der Waals surface area contributed by atoms with Crippen molar-refractivity contribution < 1.29 is 9.53 Å². The maximum atomic E-state index is 13.0. The molecule has 1 atom stereocenters. The minimum atomic E-state index is -0.00152. The molecule has 1 amide bonds. The highest BCUT2D eigenvalue weighted by atomic mass is 16.5. The van der Waals surface area contributed by atoms with Crippen LogP contribution in [0.5, 0.6) is 5.88 Å². The van der Waals surface area contributed by atoms with Gasteiger partial charge >= 0.3 is 0 Å². The molecule has 2 aromatic heterocycles. The fourth-order valence-corrected chi connectivity index (χ4v) is 3.91. The van der Waals surface area contributed by atoms with Gasteiger partial charge < -0.3 is 19.9 Å². The molecule has 0 spiro atoms. The molecular formula is C20H29N7O2. The third kappa shape index (κ3) is 4.67. The van der Waals surface area contributed by atoms with Crippen molar-refractivity contribution in [3.63, 3.8) is 0 Å². The average Bonchev–Trinajstić information content (AvgIpc) is 3.12. The van der Waals surface area contributed by atoms with Crippen LogP contribution in [-0.4, -0.2) is 76.4 Å².